The van der Waals surface area contributed by atoms with Gasteiger partial charge >= 0.3 is 0 Å². The molecule has 0 fully saturated rings. The monoisotopic (exact) mass is 427 g/mol. The molecule has 0 saturated heterocycles. The van der Waals surface area contributed by atoms with Crippen molar-refractivity contribution in [3.63, 3.8) is 0 Å². The molecule has 0 atom stereocenters. The van der Waals surface area contributed by atoms with E-state index in [1.165, 1.54) is 0 Å². The molecule has 0 unspecified atom stereocenters. The van der Waals surface area contributed by atoms with Gasteiger partial charge in [0.2, 0.25) is 0 Å². The van der Waals surface area contributed by atoms with Gasteiger partial charge in [0.05, 0.1) is 36.0 Å². The van der Waals surface area contributed by atoms with Gasteiger partial charge in [0.15, 0.2) is 5.65 Å². The van der Waals surface area contributed by atoms with Gasteiger partial charge in [0, 0.05) is 29.7 Å². The van der Waals surface area contributed by atoms with Gasteiger partial charge in [0.25, 0.3) is 10.1 Å². The maximum absolute atomic E-state index is 11.4. The predicted molar refractivity (Wildman–Crippen MR) is 111 cm³/mol. The molecule has 4 rings (SSSR count). The molecule has 0 saturated carbocycles. The van der Waals surface area contributed by atoms with Gasteiger partial charge in [-0.05, 0) is 38.1 Å². The van der Waals surface area contributed by atoms with Crippen molar-refractivity contribution in [1.29, 1.82) is 0 Å². The summed E-state index contributed by atoms with van der Waals surface area (Å²) in [5, 5.41) is 8.84. The van der Waals surface area contributed by atoms with Gasteiger partial charge in [-0.15, -0.1) is 0 Å². The number of benzene rings is 1. The SMILES string of the molecule is COc1cc(-n2cccn2)ccc1-c1c(C)nn2c(COS(C)(=O)=O)cc(C)nc12. The standard InChI is InChI=1S/C20H21N5O4S/c1-13-10-16(12-29-30(4,26)27)25-20(22-13)19(14(2)23-25)17-7-6-15(11-18(17)28-3)24-9-5-8-21-24/h5-11H,12H2,1-4H3. The molecule has 4 aromatic rings. The summed E-state index contributed by atoms with van der Waals surface area (Å²) < 4.78 is 36.9. The zero-order chi connectivity index (χ0) is 21.5. The van der Waals surface area contributed by atoms with Crippen molar-refractivity contribution in [3.8, 4) is 22.6 Å². The van der Waals surface area contributed by atoms with Gasteiger partial charge in [-0.2, -0.15) is 18.6 Å². The summed E-state index contributed by atoms with van der Waals surface area (Å²) in [4.78, 5) is 4.65. The first-order valence-electron chi connectivity index (χ1n) is 9.15. The molecule has 3 heterocycles. The molecule has 0 radical (unpaired) electrons. The van der Waals surface area contributed by atoms with E-state index in [9.17, 15) is 8.42 Å². The minimum Gasteiger partial charge on any atom is -0.496 e. The van der Waals surface area contributed by atoms with Crippen LogP contribution >= 0.6 is 0 Å². The number of aryl methyl sites for hydroxylation is 2. The second kappa shape index (κ2) is 7.54. The van der Waals surface area contributed by atoms with Crippen LogP contribution in [0.2, 0.25) is 0 Å². The molecule has 1 aromatic carbocycles. The summed E-state index contributed by atoms with van der Waals surface area (Å²) in [5.41, 5.74) is 5.15. The van der Waals surface area contributed by atoms with E-state index in [2.05, 4.69) is 15.2 Å². The highest BCUT2D eigenvalue weighted by molar-refractivity contribution is 7.85. The lowest BCUT2D eigenvalue weighted by molar-refractivity contribution is 0.303. The number of aromatic nitrogens is 5. The Balaban J connectivity index is 1.87. The first kappa shape index (κ1) is 20.0. The van der Waals surface area contributed by atoms with E-state index < -0.39 is 10.1 Å². The first-order chi connectivity index (χ1) is 14.3. The summed E-state index contributed by atoms with van der Waals surface area (Å²) in [5.74, 6) is 0.651. The Morgan fingerprint density at radius 3 is 2.63 bits per heavy atom. The summed E-state index contributed by atoms with van der Waals surface area (Å²) in [7, 11) is -1.98. The Morgan fingerprint density at radius 1 is 1.17 bits per heavy atom. The van der Waals surface area contributed by atoms with Crippen molar-refractivity contribution in [1.82, 2.24) is 24.4 Å². The topological polar surface area (TPSA) is 101 Å². The van der Waals surface area contributed by atoms with Crippen molar-refractivity contribution in [3.05, 3.63) is 59.8 Å². The van der Waals surface area contributed by atoms with E-state index in [1.54, 1.807) is 28.6 Å². The fourth-order valence-electron chi connectivity index (χ4n) is 3.36. The van der Waals surface area contributed by atoms with Gasteiger partial charge in [-0.25, -0.2) is 14.2 Å². The highest BCUT2D eigenvalue weighted by Crippen LogP contribution is 2.36. The molecule has 0 amide bonds. The lowest BCUT2D eigenvalue weighted by Crippen LogP contribution is -2.08. The van der Waals surface area contributed by atoms with E-state index in [-0.39, 0.29) is 6.61 Å². The Morgan fingerprint density at radius 2 is 1.97 bits per heavy atom. The zero-order valence-electron chi connectivity index (χ0n) is 17.0. The van der Waals surface area contributed by atoms with Crippen LogP contribution in [0, 0.1) is 13.8 Å². The molecule has 0 spiro atoms. The third kappa shape index (κ3) is 3.79. The fourth-order valence-corrected chi connectivity index (χ4v) is 3.69. The fraction of sp³-hybridized carbons (Fsp3) is 0.250. The molecule has 0 aliphatic rings. The summed E-state index contributed by atoms with van der Waals surface area (Å²) in [6.45, 7) is 3.59. The molecule has 0 aliphatic carbocycles. The Bertz CT molecular complexity index is 1330. The van der Waals surface area contributed by atoms with Gasteiger partial charge in [-0.1, -0.05) is 0 Å². The summed E-state index contributed by atoms with van der Waals surface area (Å²) >= 11 is 0. The Hall–Kier alpha value is -3.24. The number of hydrogen-bond acceptors (Lipinski definition) is 7. The average molecular weight is 427 g/mol. The smallest absolute Gasteiger partial charge is 0.264 e. The molecule has 0 N–H and O–H groups in total. The third-order valence-corrected chi connectivity index (χ3v) is 5.16. The molecule has 9 nitrogen and oxygen atoms in total. The normalized spacial score (nSPS) is 11.9. The number of fused-ring (bicyclic) bond motifs is 1. The molecular formula is C20H21N5O4S. The van der Waals surface area contributed by atoms with Crippen molar-refractivity contribution in [2.45, 2.75) is 20.5 Å². The average Bonchev–Trinajstić information content (AvgIpc) is 3.33. The molecule has 3 aromatic heterocycles. The lowest BCUT2D eigenvalue weighted by Gasteiger charge is -2.11. The molecule has 30 heavy (non-hydrogen) atoms. The van der Waals surface area contributed by atoms with Gasteiger partial charge in [-0.3, -0.25) is 4.18 Å². The highest BCUT2D eigenvalue weighted by atomic mass is 32.2. The highest BCUT2D eigenvalue weighted by Gasteiger charge is 2.20. The largest absolute Gasteiger partial charge is 0.496 e. The van der Waals surface area contributed by atoms with E-state index in [0.717, 1.165) is 34.5 Å². The van der Waals surface area contributed by atoms with Crippen LogP contribution in [0.1, 0.15) is 17.1 Å². The third-order valence-electron chi connectivity index (χ3n) is 4.61. The van der Waals surface area contributed by atoms with Gasteiger partial charge in [0.1, 0.15) is 12.4 Å². The molecule has 10 heteroatoms. The number of ether oxygens (including phenoxy) is 1. The molecule has 156 valence electrons. The predicted octanol–water partition coefficient (Wildman–Crippen LogP) is 2.68. The van der Waals surface area contributed by atoms with E-state index in [1.807, 2.05) is 44.3 Å². The lowest BCUT2D eigenvalue weighted by atomic mass is 10.0. The van der Waals surface area contributed by atoms with Crippen molar-refractivity contribution in [2.24, 2.45) is 0 Å². The van der Waals surface area contributed by atoms with Crippen LogP contribution in [0.15, 0.2) is 42.7 Å². The van der Waals surface area contributed by atoms with E-state index in [0.29, 0.717) is 17.1 Å². The van der Waals surface area contributed by atoms with E-state index in [4.69, 9.17) is 8.92 Å². The van der Waals surface area contributed by atoms with Gasteiger partial charge < -0.3 is 4.74 Å². The molecular weight excluding hydrogens is 406 g/mol. The van der Waals surface area contributed by atoms with Crippen LogP contribution < -0.4 is 4.74 Å². The molecule has 0 aliphatic heterocycles. The van der Waals surface area contributed by atoms with Crippen molar-refractivity contribution < 1.29 is 17.3 Å². The van der Waals surface area contributed by atoms with Crippen LogP contribution in [0.25, 0.3) is 22.5 Å². The van der Waals surface area contributed by atoms with Crippen LogP contribution in [0.5, 0.6) is 5.75 Å². The van der Waals surface area contributed by atoms with E-state index >= 15 is 0 Å². The molecule has 0 bridgehead atoms. The second-order valence-electron chi connectivity index (χ2n) is 6.89. The van der Waals surface area contributed by atoms with Crippen LogP contribution in [-0.2, 0) is 20.9 Å². The maximum atomic E-state index is 11.4. The number of nitrogens with zero attached hydrogens (tertiary/aromatic N) is 5. The first-order valence-corrected chi connectivity index (χ1v) is 11.0. The summed E-state index contributed by atoms with van der Waals surface area (Å²) in [6.07, 6.45) is 4.58. The number of rotatable bonds is 6. The van der Waals surface area contributed by atoms with Crippen molar-refractivity contribution in [2.75, 3.05) is 13.4 Å². The maximum Gasteiger partial charge on any atom is 0.264 e. The Labute approximate surface area is 174 Å². The second-order valence-corrected chi connectivity index (χ2v) is 8.53. The number of methoxy groups -OCH3 is 1. The van der Waals surface area contributed by atoms with Crippen LogP contribution in [-0.4, -0.2) is 46.2 Å². The minimum atomic E-state index is -3.59. The Kier molecular flexibility index (Phi) is 5.04. The zero-order valence-corrected chi connectivity index (χ0v) is 17.8. The van der Waals surface area contributed by atoms with Crippen LogP contribution in [0.4, 0.5) is 0 Å². The quantitative estimate of drug-likeness (QED) is 0.436. The number of hydrogen-bond donors (Lipinski definition) is 0. The minimum absolute atomic E-state index is 0.130. The summed E-state index contributed by atoms with van der Waals surface area (Å²) in [6, 6.07) is 9.39. The van der Waals surface area contributed by atoms with Crippen molar-refractivity contribution >= 4 is 15.8 Å². The van der Waals surface area contributed by atoms with Crippen LogP contribution in [0.3, 0.4) is 0 Å².